The first kappa shape index (κ1) is 15.0. The summed E-state index contributed by atoms with van der Waals surface area (Å²) in [6, 6.07) is 7.28. The second-order valence-corrected chi connectivity index (χ2v) is 6.55. The summed E-state index contributed by atoms with van der Waals surface area (Å²) < 4.78 is 27.5. The van der Waals surface area contributed by atoms with Crippen LogP contribution in [0.4, 0.5) is 0 Å². The van der Waals surface area contributed by atoms with Crippen molar-refractivity contribution in [3.63, 3.8) is 0 Å². The van der Waals surface area contributed by atoms with Crippen LogP contribution in [-0.4, -0.2) is 32.1 Å². The van der Waals surface area contributed by atoms with Crippen molar-refractivity contribution in [1.29, 1.82) is 0 Å². The molecule has 1 N–H and O–H groups in total. The summed E-state index contributed by atoms with van der Waals surface area (Å²) in [5, 5.41) is 9.82. The molecule has 1 unspecified atom stereocenters. The van der Waals surface area contributed by atoms with E-state index in [2.05, 4.69) is 0 Å². The quantitative estimate of drug-likeness (QED) is 0.770. The van der Waals surface area contributed by atoms with Crippen LogP contribution in [0.3, 0.4) is 0 Å². The molecule has 0 fully saturated rings. The van der Waals surface area contributed by atoms with Gasteiger partial charge in [-0.15, -0.1) is 0 Å². The lowest BCUT2D eigenvalue weighted by atomic mass is 10.1. The van der Waals surface area contributed by atoms with E-state index in [1.54, 1.807) is 6.07 Å². The van der Waals surface area contributed by atoms with Gasteiger partial charge in [0.1, 0.15) is 15.6 Å². The molecule has 0 bridgehead atoms. The van der Waals surface area contributed by atoms with Crippen molar-refractivity contribution in [2.75, 3.05) is 18.6 Å². The third kappa shape index (κ3) is 5.06. The Hall–Kier alpha value is -1.07. The van der Waals surface area contributed by atoms with E-state index in [1.165, 1.54) is 6.26 Å². The number of hydrogen-bond acceptors (Lipinski definition) is 4. The number of ether oxygens (including phenoxy) is 1. The van der Waals surface area contributed by atoms with Gasteiger partial charge in [0.25, 0.3) is 0 Å². The van der Waals surface area contributed by atoms with Crippen LogP contribution < -0.4 is 4.74 Å². The molecule has 1 aromatic carbocycles. The van der Waals surface area contributed by atoms with Crippen molar-refractivity contribution in [2.24, 2.45) is 0 Å². The molecule has 5 heteroatoms. The minimum atomic E-state index is -2.94. The van der Waals surface area contributed by atoms with Crippen LogP contribution in [0.1, 0.15) is 31.4 Å². The van der Waals surface area contributed by atoms with Crippen LogP contribution in [-0.2, 0) is 9.84 Å². The van der Waals surface area contributed by atoms with Crippen molar-refractivity contribution in [3.05, 3.63) is 29.8 Å². The van der Waals surface area contributed by atoms with E-state index in [0.29, 0.717) is 25.2 Å². The minimum Gasteiger partial charge on any atom is -0.493 e. The molecule has 0 aliphatic rings. The number of aliphatic hydroxyl groups is 1. The van der Waals surface area contributed by atoms with E-state index in [-0.39, 0.29) is 5.75 Å². The Bertz CT molecular complexity index is 468. The molecule has 0 aliphatic heterocycles. The number of para-hydroxylation sites is 1. The molecule has 1 atom stereocenters. The molecule has 102 valence electrons. The van der Waals surface area contributed by atoms with Gasteiger partial charge in [0.2, 0.25) is 0 Å². The first-order chi connectivity index (χ1) is 8.44. The second-order valence-electron chi connectivity index (χ2n) is 4.29. The van der Waals surface area contributed by atoms with Crippen LogP contribution in [0.25, 0.3) is 0 Å². The highest BCUT2D eigenvalue weighted by atomic mass is 32.2. The fourth-order valence-corrected chi connectivity index (χ4v) is 2.25. The maximum atomic E-state index is 11.0. The van der Waals surface area contributed by atoms with E-state index in [9.17, 15) is 13.5 Å². The van der Waals surface area contributed by atoms with Gasteiger partial charge in [-0.25, -0.2) is 8.42 Å². The average molecular weight is 272 g/mol. The van der Waals surface area contributed by atoms with Gasteiger partial charge < -0.3 is 9.84 Å². The molecule has 1 rings (SSSR count). The summed E-state index contributed by atoms with van der Waals surface area (Å²) >= 11 is 0. The van der Waals surface area contributed by atoms with Gasteiger partial charge in [-0.3, -0.25) is 0 Å². The summed E-state index contributed by atoms with van der Waals surface area (Å²) in [5.41, 5.74) is 0.749. The third-order valence-electron chi connectivity index (χ3n) is 2.58. The molecule has 0 spiro atoms. The lowest BCUT2D eigenvalue weighted by molar-refractivity contribution is 0.167. The number of hydrogen-bond donors (Lipinski definition) is 1. The summed E-state index contributed by atoms with van der Waals surface area (Å²) in [5.74, 6) is 0.742. The van der Waals surface area contributed by atoms with Crippen molar-refractivity contribution < 1.29 is 18.3 Å². The molecule has 0 radical (unpaired) electrons. The molecular formula is C13H20O4S. The van der Waals surface area contributed by atoms with Crippen LogP contribution >= 0.6 is 0 Å². The fourth-order valence-electron chi connectivity index (χ4n) is 1.61. The Morgan fingerprint density at radius 3 is 2.61 bits per heavy atom. The normalized spacial score (nSPS) is 13.3. The predicted octanol–water partition coefficient (Wildman–Crippen LogP) is 1.94. The van der Waals surface area contributed by atoms with Crippen molar-refractivity contribution >= 4 is 9.84 Å². The maximum Gasteiger partial charge on any atom is 0.147 e. The predicted molar refractivity (Wildman–Crippen MR) is 71.5 cm³/mol. The van der Waals surface area contributed by atoms with E-state index < -0.39 is 15.9 Å². The van der Waals surface area contributed by atoms with E-state index in [4.69, 9.17) is 4.74 Å². The zero-order valence-corrected chi connectivity index (χ0v) is 11.6. The molecule has 0 heterocycles. The Morgan fingerprint density at radius 1 is 1.33 bits per heavy atom. The summed E-state index contributed by atoms with van der Waals surface area (Å²) in [4.78, 5) is 0. The Labute approximate surface area is 109 Å². The van der Waals surface area contributed by atoms with Crippen molar-refractivity contribution in [2.45, 2.75) is 25.9 Å². The Balaban J connectivity index is 2.57. The smallest absolute Gasteiger partial charge is 0.147 e. The fraction of sp³-hybridized carbons (Fsp3) is 0.538. The van der Waals surface area contributed by atoms with Gasteiger partial charge in [-0.05, 0) is 18.9 Å². The SMILES string of the molecule is CCC(O)c1ccccc1OCCCS(C)(=O)=O. The molecule has 1 aromatic rings. The standard InChI is InChI=1S/C13H20O4S/c1-3-12(14)11-7-4-5-8-13(11)17-9-6-10-18(2,15)16/h4-5,7-8,12,14H,3,6,9-10H2,1-2H3. The van der Waals surface area contributed by atoms with Gasteiger partial charge in [0, 0.05) is 11.8 Å². The number of rotatable bonds is 7. The highest BCUT2D eigenvalue weighted by molar-refractivity contribution is 7.90. The van der Waals surface area contributed by atoms with Gasteiger partial charge in [0.05, 0.1) is 18.5 Å². The lowest BCUT2D eigenvalue weighted by Gasteiger charge is -2.14. The van der Waals surface area contributed by atoms with E-state index in [0.717, 1.165) is 5.56 Å². The zero-order chi connectivity index (χ0) is 13.6. The van der Waals surface area contributed by atoms with Crippen LogP contribution in [0.2, 0.25) is 0 Å². The van der Waals surface area contributed by atoms with Gasteiger partial charge in [-0.1, -0.05) is 25.1 Å². The van der Waals surface area contributed by atoms with Gasteiger partial charge in [-0.2, -0.15) is 0 Å². The average Bonchev–Trinajstić information content (AvgIpc) is 2.33. The highest BCUT2D eigenvalue weighted by Gasteiger charge is 2.11. The minimum absolute atomic E-state index is 0.117. The Kier molecular flexibility index (Phi) is 5.62. The van der Waals surface area contributed by atoms with Crippen LogP contribution in [0, 0.1) is 0 Å². The number of benzene rings is 1. The molecule has 4 nitrogen and oxygen atoms in total. The molecule has 0 amide bonds. The molecule has 0 aromatic heterocycles. The maximum absolute atomic E-state index is 11.0. The molecular weight excluding hydrogens is 252 g/mol. The summed E-state index contributed by atoms with van der Waals surface area (Å²) in [6.45, 7) is 2.23. The number of aliphatic hydroxyl groups excluding tert-OH is 1. The lowest BCUT2D eigenvalue weighted by Crippen LogP contribution is -2.09. The summed E-state index contributed by atoms with van der Waals surface area (Å²) in [6.07, 6.45) is 1.73. The number of sulfone groups is 1. The molecule has 0 saturated carbocycles. The molecule has 0 saturated heterocycles. The van der Waals surface area contributed by atoms with Gasteiger partial charge >= 0.3 is 0 Å². The third-order valence-corrected chi connectivity index (χ3v) is 3.61. The topological polar surface area (TPSA) is 63.6 Å². The first-order valence-corrected chi connectivity index (χ1v) is 8.07. The zero-order valence-electron chi connectivity index (χ0n) is 10.8. The van der Waals surface area contributed by atoms with Gasteiger partial charge in [0.15, 0.2) is 0 Å². The van der Waals surface area contributed by atoms with E-state index in [1.807, 2.05) is 25.1 Å². The molecule has 18 heavy (non-hydrogen) atoms. The van der Waals surface area contributed by atoms with E-state index >= 15 is 0 Å². The molecule has 0 aliphatic carbocycles. The van der Waals surface area contributed by atoms with Crippen LogP contribution in [0.5, 0.6) is 5.75 Å². The van der Waals surface area contributed by atoms with Crippen LogP contribution in [0.15, 0.2) is 24.3 Å². The summed E-state index contributed by atoms with van der Waals surface area (Å²) in [7, 11) is -2.94. The highest BCUT2D eigenvalue weighted by Crippen LogP contribution is 2.26. The van der Waals surface area contributed by atoms with Crippen molar-refractivity contribution in [3.8, 4) is 5.75 Å². The van der Waals surface area contributed by atoms with Crippen molar-refractivity contribution in [1.82, 2.24) is 0 Å². The first-order valence-electron chi connectivity index (χ1n) is 6.01. The largest absolute Gasteiger partial charge is 0.493 e. The monoisotopic (exact) mass is 272 g/mol. The Morgan fingerprint density at radius 2 is 2.00 bits per heavy atom. The second kappa shape index (κ2) is 6.75.